The van der Waals surface area contributed by atoms with Gasteiger partial charge in [-0.15, -0.1) is 6.58 Å². The van der Waals surface area contributed by atoms with E-state index in [1.54, 1.807) is 6.92 Å². The standard InChI is InChI=1S/C13H18O2/c1-4-5-8-15-13-7-6-10(2)9-12(13)11(3)14/h4,6-7,9,11,14H,1,5,8H2,2-3H3. The van der Waals surface area contributed by atoms with Crippen LogP contribution in [0.4, 0.5) is 0 Å². The molecule has 1 rings (SSSR count). The Balaban J connectivity index is 2.81. The highest BCUT2D eigenvalue weighted by Gasteiger charge is 2.08. The second kappa shape index (κ2) is 5.56. The Morgan fingerprint density at radius 2 is 2.27 bits per heavy atom. The molecule has 0 aliphatic carbocycles. The van der Waals surface area contributed by atoms with Crippen LogP contribution in [0.1, 0.15) is 30.6 Å². The molecule has 1 atom stereocenters. The summed E-state index contributed by atoms with van der Waals surface area (Å²) in [6.45, 7) is 7.98. The number of hydrogen-bond donors (Lipinski definition) is 1. The highest BCUT2D eigenvalue weighted by Crippen LogP contribution is 2.26. The molecule has 1 N–H and O–H groups in total. The van der Waals surface area contributed by atoms with Gasteiger partial charge in [0.25, 0.3) is 0 Å². The molecule has 0 radical (unpaired) electrons. The van der Waals surface area contributed by atoms with Crippen LogP contribution in [-0.4, -0.2) is 11.7 Å². The normalized spacial score (nSPS) is 12.2. The maximum absolute atomic E-state index is 9.59. The van der Waals surface area contributed by atoms with Crippen LogP contribution in [0.5, 0.6) is 5.75 Å². The summed E-state index contributed by atoms with van der Waals surface area (Å²) < 4.78 is 5.56. The summed E-state index contributed by atoms with van der Waals surface area (Å²) in [6.07, 6.45) is 2.13. The largest absolute Gasteiger partial charge is 0.493 e. The first-order chi connectivity index (χ1) is 7.15. The van der Waals surface area contributed by atoms with Crippen molar-refractivity contribution in [3.05, 3.63) is 42.0 Å². The maximum atomic E-state index is 9.59. The van der Waals surface area contributed by atoms with Gasteiger partial charge in [-0.05, 0) is 32.4 Å². The Labute approximate surface area is 91.2 Å². The first-order valence-corrected chi connectivity index (χ1v) is 5.17. The molecule has 0 heterocycles. The van der Waals surface area contributed by atoms with E-state index in [9.17, 15) is 5.11 Å². The van der Waals surface area contributed by atoms with Gasteiger partial charge in [-0.1, -0.05) is 17.7 Å². The molecule has 0 saturated heterocycles. The fourth-order valence-electron chi connectivity index (χ4n) is 1.38. The van der Waals surface area contributed by atoms with Crippen LogP contribution in [0.3, 0.4) is 0 Å². The maximum Gasteiger partial charge on any atom is 0.125 e. The number of ether oxygens (including phenoxy) is 1. The number of aliphatic hydroxyl groups is 1. The summed E-state index contributed by atoms with van der Waals surface area (Å²) in [7, 11) is 0. The monoisotopic (exact) mass is 206 g/mol. The van der Waals surface area contributed by atoms with Gasteiger partial charge >= 0.3 is 0 Å². The summed E-state index contributed by atoms with van der Waals surface area (Å²) in [5.41, 5.74) is 1.97. The Bertz CT molecular complexity index is 329. The zero-order valence-electron chi connectivity index (χ0n) is 9.36. The van der Waals surface area contributed by atoms with Crippen molar-refractivity contribution < 1.29 is 9.84 Å². The molecule has 0 aliphatic heterocycles. The first-order valence-electron chi connectivity index (χ1n) is 5.17. The Morgan fingerprint density at radius 1 is 1.53 bits per heavy atom. The molecule has 0 spiro atoms. The van der Waals surface area contributed by atoms with Gasteiger partial charge in [-0.25, -0.2) is 0 Å². The van der Waals surface area contributed by atoms with Gasteiger partial charge in [0.05, 0.1) is 12.7 Å². The lowest BCUT2D eigenvalue weighted by atomic mass is 10.1. The molecule has 1 unspecified atom stereocenters. The molecule has 0 fully saturated rings. The molecule has 2 nitrogen and oxygen atoms in total. The fourth-order valence-corrected chi connectivity index (χ4v) is 1.38. The lowest BCUT2D eigenvalue weighted by Gasteiger charge is -2.13. The summed E-state index contributed by atoms with van der Waals surface area (Å²) in [5.74, 6) is 0.762. The average Bonchev–Trinajstić information content (AvgIpc) is 2.20. The van der Waals surface area contributed by atoms with Crippen molar-refractivity contribution in [2.75, 3.05) is 6.61 Å². The molecule has 0 aromatic heterocycles. The quantitative estimate of drug-likeness (QED) is 0.592. The summed E-state index contributed by atoms with van der Waals surface area (Å²) in [4.78, 5) is 0. The number of aliphatic hydroxyl groups excluding tert-OH is 1. The average molecular weight is 206 g/mol. The summed E-state index contributed by atoms with van der Waals surface area (Å²) in [6, 6.07) is 5.84. The minimum atomic E-state index is -0.497. The zero-order valence-corrected chi connectivity index (χ0v) is 9.36. The lowest BCUT2D eigenvalue weighted by molar-refractivity contribution is 0.191. The van der Waals surface area contributed by atoms with E-state index in [1.807, 2.05) is 31.2 Å². The molecule has 82 valence electrons. The highest BCUT2D eigenvalue weighted by atomic mass is 16.5. The molecule has 2 heteroatoms. The van der Waals surface area contributed by atoms with E-state index in [2.05, 4.69) is 6.58 Å². The Hall–Kier alpha value is -1.28. The first kappa shape index (κ1) is 11.8. The second-order valence-electron chi connectivity index (χ2n) is 3.64. The number of hydrogen-bond acceptors (Lipinski definition) is 2. The van der Waals surface area contributed by atoms with Crippen LogP contribution in [0.15, 0.2) is 30.9 Å². The minimum Gasteiger partial charge on any atom is -0.493 e. The van der Waals surface area contributed by atoms with Gasteiger partial charge in [0.15, 0.2) is 0 Å². The zero-order chi connectivity index (χ0) is 11.3. The van der Waals surface area contributed by atoms with E-state index < -0.39 is 6.10 Å². The molecular weight excluding hydrogens is 188 g/mol. The van der Waals surface area contributed by atoms with Gasteiger partial charge in [-0.2, -0.15) is 0 Å². The SMILES string of the molecule is C=CCCOc1ccc(C)cc1C(C)O. The van der Waals surface area contributed by atoms with Crippen LogP contribution < -0.4 is 4.74 Å². The molecule has 0 saturated carbocycles. The van der Waals surface area contributed by atoms with Crippen molar-refractivity contribution in [2.24, 2.45) is 0 Å². The van der Waals surface area contributed by atoms with Gasteiger partial charge in [0, 0.05) is 5.56 Å². The van der Waals surface area contributed by atoms with Crippen LogP contribution >= 0.6 is 0 Å². The molecule has 1 aromatic carbocycles. The van der Waals surface area contributed by atoms with Crippen molar-refractivity contribution >= 4 is 0 Å². The van der Waals surface area contributed by atoms with E-state index in [0.717, 1.165) is 23.3 Å². The molecule has 0 aliphatic rings. The smallest absolute Gasteiger partial charge is 0.125 e. The van der Waals surface area contributed by atoms with Crippen molar-refractivity contribution in [1.82, 2.24) is 0 Å². The van der Waals surface area contributed by atoms with E-state index >= 15 is 0 Å². The van der Waals surface area contributed by atoms with Gasteiger partial charge in [0.1, 0.15) is 5.75 Å². The van der Waals surface area contributed by atoms with Crippen molar-refractivity contribution in [1.29, 1.82) is 0 Å². The van der Waals surface area contributed by atoms with E-state index in [-0.39, 0.29) is 0 Å². The topological polar surface area (TPSA) is 29.5 Å². The second-order valence-corrected chi connectivity index (χ2v) is 3.64. The van der Waals surface area contributed by atoms with Crippen molar-refractivity contribution in [3.8, 4) is 5.75 Å². The van der Waals surface area contributed by atoms with Crippen LogP contribution in [0.25, 0.3) is 0 Å². The van der Waals surface area contributed by atoms with Crippen LogP contribution in [0, 0.1) is 6.92 Å². The third kappa shape index (κ3) is 3.40. The summed E-state index contributed by atoms with van der Waals surface area (Å²) >= 11 is 0. The van der Waals surface area contributed by atoms with E-state index in [4.69, 9.17) is 4.74 Å². The fraction of sp³-hybridized carbons (Fsp3) is 0.385. The van der Waals surface area contributed by atoms with Crippen molar-refractivity contribution in [2.45, 2.75) is 26.4 Å². The lowest BCUT2D eigenvalue weighted by Crippen LogP contribution is -2.01. The molecular formula is C13H18O2. The Kier molecular flexibility index (Phi) is 4.37. The number of aryl methyl sites for hydroxylation is 1. The van der Waals surface area contributed by atoms with Crippen LogP contribution in [-0.2, 0) is 0 Å². The highest BCUT2D eigenvalue weighted by molar-refractivity contribution is 5.38. The molecule has 15 heavy (non-hydrogen) atoms. The Morgan fingerprint density at radius 3 is 2.87 bits per heavy atom. The molecule has 1 aromatic rings. The summed E-state index contributed by atoms with van der Waals surface area (Å²) in [5, 5.41) is 9.59. The number of rotatable bonds is 5. The van der Waals surface area contributed by atoms with Crippen LogP contribution in [0.2, 0.25) is 0 Å². The van der Waals surface area contributed by atoms with Crippen molar-refractivity contribution in [3.63, 3.8) is 0 Å². The third-order valence-electron chi connectivity index (χ3n) is 2.19. The third-order valence-corrected chi connectivity index (χ3v) is 2.19. The molecule has 0 bridgehead atoms. The van der Waals surface area contributed by atoms with Gasteiger partial charge in [0.2, 0.25) is 0 Å². The van der Waals surface area contributed by atoms with Gasteiger partial charge in [-0.3, -0.25) is 0 Å². The predicted molar refractivity (Wildman–Crippen MR) is 62.1 cm³/mol. The predicted octanol–water partition coefficient (Wildman–Crippen LogP) is 3.00. The van der Waals surface area contributed by atoms with E-state index in [1.165, 1.54) is 0 Å². The minimum absolute atomic E-state index is 0.497. The number of benzene rings is 1. The molecule has 0 amide bonds. The van der Waals surface area contributed by atoms with E-state index in [0.29, 0.717) is 6.61 Å². The van der Waals surface area contributed by atoms with Gasteiger partial charge < -0.3 is 9.84 Å².